The van der Waals surface area contributed by atoms with Crippen LogP contribution in [-0.2, 0) is 21.1 Å². The van der Waals surface area contributed by atoms with Gasteiger partial charge in [-0.1, -0.05) is 58.0 Å². The van der Waals surface area contributed by atoms with Gasteiger partial charge < -0.3 is 9.68 Å². The first-order valence-electron chi connectivity index (χ1n) is 9.07. The van der Waals surface area contributed by atoms with Crippen LogP contribution in [0.2, 0.25) is 5.02 Å². The van der Waals surface area contributed by atoms with Crippen molar-refractivity contribution in [1.82, 2.24) is 0 Å². The van der Waals surface area contributed by atoms with Gasteiger partial charge in [-0.2, -0.15) is 0 Å². The molecule has 0 bridgehead atoms. The molecule has 2 aromatic rings. The Kier molecular flexibility index (Phi) is 8.69. The number of halogens is 1. The number of Topliss-reactive ketones (excluding diaryl/α,β-unsaturated/α-hetero) is 1. The molecule has 2 rings (SSSR count). The van der Waals surface area contributed by atoms with E-state index in [9.17, 15) is 4.79 Å². The third kappa shape index (κ3) is 6.51. The fourth-order valence-corrected chi connectivity index (χ4v) is 2.69. The van der Waals surface area contributed by atoms with Crippen molar-refractivity contribution in [2.75, 3.05) is 7.11 Å². The van der Waals surface area contributed by atoms with E-state index in [1.54, 1.807) is 32.0 Å². The highest BCUT2D eigenvalue weighted by molar-refractivity contribution is 6.45. The molecule has 0 aromatic heterocycles. The number of carbonyl (C=O) groups excluding carboxylic acids is 1. The Hall–Kier alpha value is -3.54. The van der Waals surface area contributed by atoms with Crippen molar-refractivity contribution < 1.29 is 14.5 Å². The van der Waals surface area contributed by atoms with Gasteiger partial charge in [-0.25, -0.2) is 0 Å². The van der Waals surface area contributed by atoms with Crippen LogP contribution < -0.4 is 0 Å². The minimum Gasteiger partial charge on any atom is -0.399 e. The summed E-state index contributed by atoms with van der Waals surface area (Å²) in [6.45, 7) is 5.08. The average Bonchev–Trinajstić information content (AvgIpc) is 2.72. The van der Waals surface area contributed by atoms with Crippen molar-refractivity contribution in [2.45, 2.75) is 27.4 Å². The van der Waals surface area contributed by atoms with Crippen LogP contribution in [0.1, 0.15) is 43.0 Å². The highest BCUT2D eigenvalue weighted by Gasteiger charge is 2.14. The van der Waals surface area contributed by atoms with Crippen LogP contribution in [0.25, 0.3) is 0 Å². The Balaban J connectivity index is 2.17. The van der Waals surface area contributed by atoms with Crippen LogP contribution in [0.15, 0.2) is 52.8 Å². The summed E-state index contributed by atoms with van der Waals surface area (Å²) in [5, 5.41) is 8.47. The number of carbonyl (C=O) groups is 1. The lowest BCUT2D eigenvalue weighted by Gasteiger charge is -2.08. The summed E-state index contributed by atoms with van der Waals surface area (Å²) < 4.78 is 0. The first-order chi connectivity index (χ1) is 14.5. The maximum Gasteiger partial charge on any atom is 0.182 e. The van der Waals surface area contributed by atoms with Gasteiger partial charge in [0.2, 0.25) is 0 Å². The molecule has 0 saturated heterocycles. The van der Waals surface area contributed by atoms with Gasteiger partial charge >= 0.3 is 0 Å². The van der Waals surface area contributed by atoms with Crippen molar-refractivity contribution in [3.63, 3.8) is 0 Å². The van der Waals surface area contributed by atoms with E-state index >= 15 is 0 Å². The van der Waals surface area contributed by atoms with Gasteiger partial charge in [0.25, 0.3) is 0 Å². The molecule has 30 heavy (non-hydrogen) atoms. The molecule has 0 aliphatic carbocycles. The van der Waals surface area contributed by atoms with Gasteiger partial charge in [0.05, 0.1) is 0 Å². The maximum absolute atomic E-state index is 11.9. The molecule has 0 unspecified atom stereocenters. The van der Waals surface area contributed by atoms with Crippen LogP contribution in [0.3, 0.4) is 0 Å². The largest absolute Gasteiger partial charge is 0.399 e. The summed E-state index contributed by atoms with van der Waals surface area (Å²) in [6.07, 6.45) is 0. The molecule has 0 radical (unpaired) electrons. The van der Waals surface area contributed by atoms with Crippen molar-refractivity contribution >= 4 is 28.8 Å². The van der Waals surface area contributed by atoms with E-state index in [2.05, 4.69) is 34.0 Å². The van der Waals surface area contributed by atoms with E-state index in [1.807, 2.05) is 24.3 Å². The highest BCUT2D eigenvalue weighted by atomic mass is 35.5. The summed E-state index contributed by atoms with van der Waals surface area (Å²) in [5.41, 5.74) is 3.63. The van der Waals surface area contributed by atoms with Crippen molar-refractivity contribution in [2.24, 2.45) is 10.3 Å². The van der Waals surface area contributed by atoms with E-state index < -0.39 is 0 Å². The molecule has 0 N–H and O–H groups in total. The Morgan fingerprint density at radius 2 is 1.83 bits per heavy atom. The van der Waals surface area contributed by atoms with Crippen LogP contribution in [0.5, 0.6) is 0 Å². The minimum absolute atomic E-state index is 0.152. The molecule has 5 nitrogen and oxygen atoms in total. The Morgan fingerprint density at radius 3 is 2.53 bits per heavy atom. The Labute approximate surface area is 181 Å². The second kappa shape index (κ2) is 11.5. The van der Waals surface area contributed by atoms with E-state index in [0.717, 1.165) is 16.7 Å². The van der Waals surface area contributed by atoms with Gasteiger partial charge in [0.15, 0.2) is 11.5 Å². The number of oxime groups is 2. The second-order valence-electron chi connectivity index (χ2n) is 6.10. The van der Waals surface area contributed by atoms with Gasteiger partial charge in [0, 0.05) is 34.2 Å². The number of rotatable bonds is 6. The van der Waals surface area contributed by atoms with Gasteiger partial charge in [0.1, 0.15) is 19.4 Å². The van der Waals surface area contributed by atoms with E-state index in [-0.39, 0.29) is 18.1 Å². The maximum atomic E-state index is 11.9. The predicted molar refractivity (Wildman–Crippen MR) is 119 cm³/mol. The fourth-order valence-electron chi connectivity index (χ4n) is 2.51. The van der Waals surface area contributed by atoms with Gasteiger partial charge in [-0.3, -0.25) is 4.79 Å². The lowest BCUT2D eigenvalue weighted by molar-refractivity contribution is -0.111. The molecule has 2 aromatic carbocycles. The molecular formula is C24H21ClN2O3. The molecule has 0 aliphatic rings. The molecule has 152 valence electrons. The summed E-state index contributed by atoms with van der Waals surface area (Å²) in [5.74, 6) is 11.6. The first-order valence-corrected chi connectivity index (χ1v) is 9.45. The second-order valence-corrected chi connectivity index (χ2v) is 6.54. The zero-order valence-electron chi connectivity index (χ0n) is 17.2. The summed E-state index contributed by atoms with van der Waals surface area (Å²) in [7, 11) is 1.40. The SMILES string of the molecule is CC#Cc1cc(Cl)ccc1C#C/C(C)=N/OCc1ccccc1/C(=N\OC)C(C)=O. The third-order valence-corrected chi connectivity index (χ3v) is 4.06. The zero-order valence-corrected chi connectivity index (χ0v) is 18.0. The average molecular weight is 421 g/mol. The van der Waals surface area contributed by atoms with E-state index in [4.69, 9.17) is 21.3 Å². The molecular weight excluding hydrogens is 400 g/mol. The molecule has 0 amide bonds. The summed E-state index contributed by atoms with van der Waals surface area (Å²) in [6, 6.07) is 12.6. The number of ketones is 1. The minimum atomic E-state index is -0.205. The third-order valence-electron chi connectivity index (χ3n) is 3.83. The van der Waals surface area contributed by atoms with Crippen molar-refractivity contribution in [3.05, 3.63) is 69.7 Å². The normalized spacial score (nSPS) is 11.0. The molecule has 0 aliphatic heterocycles. The van der Waals surface area contributed by atoms with Crippen molar-refractivity contribution in [1.29, 1.82) is 0 Å². The topological polar surface area (TPSA) is 60.3 Å². The Bertz CT molecular complexity index is 1110. The summed E-state index contributed by atoms with van der Waals surface area (Å²) in [4.78, 5) is 22.1. The number of benzene rings is 2. The number of nitrogens with zero attached hydrogens (tertiary/aromatic N) is 2. The Morgan fingerprint density at radius 1 is 1.07 bits per heavy atom. The lowest BCUT2D eigenvalue weighted by atomic mass is 10.0. The smallest absolute Gasteiger partial charge is 0.182 e. The quantitative estimate of drug-likeness (QED) is 0.390. The molecule has 0 saturated carbocycles. The molecule has 0 fully saturated rings. The van der Waals surface area contributed by atoms with E-state index in [1.165, 1.54) is 14.0 Å². The molecule has 0 atom stereocenters. The standard InChI is InChI=1S/C24H21ClN2O3/c1-5-8-20-15-22(25)14-13-19(20)12-11-17(2)26-30-16-21-9-6-7-10-23(21)24(18(3)28)27-29-4/h6-7,9-10,13-15H,16H2,1-4H3/b26-17+,27-24-. The molecule has 0 spiro atoms. The number of hydrogen-bond donors (Lipinski definition) is 0. The van der Waals surface area contributed by atoms with E-state index in [0.29, 0.717) is 16.3 Å². The molecule has 0 heterocycles. The predicted octanol–water partition coefficient (Wildman–Crippen LogP) is 4.60. The monoisotopic (exact) mass is 420 g/mol. The fraction of sp³-hybridized carbons (Fsp3) is 0.208. The zero-order chi connectivity index (χ0) is 21.9. The molecule has 6 heteroatoms. The van der Waals surface area contributed by atoms with Gasteiger partial charge in [-0.05, 0) is 38.0 Å². The highest BCUT2D eigenvalue weighted by Crippen LogP contribution is 2.15. The summed E-state index contributed by atoms with van der Waals surface area (Å²) >= 11 is 6.02. The first kappa shape index (κ1) is 22.7. The van der Waals surface area contributed by atoms with Crippen LogP contribution in [-0.4, -0.2) is 24.3 Å². The number of hydrogen-bond acceptors (Lipinski definition) is 5. The van der Waals surface area contributed by atoms with Crippen LogP contribution >= 0.6 is 11.6 Å². The van der Waals surface area contributed by atoms with Crippen LogP contribution in [0, 0.1) is 23.7 Å². The lowest BCUT2D eigenvalue weighted by Crippen LogP contribution is -2.14. The van der Waals surface area contributed by atoms with Crippen LogP contribution in [0.4, 0.5) is 0 Å². The van der Waals surface area contributed by atoms with Gasteiger partial charge in [-0.15, -0.1) is 5.92 Å². The van der Waals surface area contributed by atoms with Crippen molar-refractivity contribution in [3.8, 4) is 23.7 Å².